The van der Waals surface area contributed by atoms with Crippen LogP contribution in [0.2, 0.25) is 0 Å². The summed E-state index contributed by atoms with van der Waals surface area (Å²) in [7, 11) is 1.65. The summed E-state index contributed by atoms with van der Waals surface area (Å²) in [5.74, 6) is 1.75. The van der Waals surface area contributed by atoms with Crippen LogP contribution in [-0.2, 0) is 13.1 Å². The van der Waals surface area contributed by atoms with E-state index >= 15 is 0 Å². The second-order valence-electron chi connectivity index (χ2n) is 5.73. The van der Waals surface area contributed by atoms with Crippen LogP contribution in [0.25, 0.3) is 11.0 Å². The van der Waals surface area contributed by atoms with Crippen LogP contribution in [0.1, 0.15) is 5.82 Å². The van der Waals surface area contributed by atoms with Gasteiger partial charge in [0.2, 0.25) is 0 Å². The molecule has 0 fully saturated rings. The maximum atomic E-state index is 10.9. The molecule has 0 radical (unpaired) electrons. The van der Waals surface area contributed by atoms with Crippen molar-refractivity contribution in [3.8, 4) is 5.75 Å². The SMILES string of the molecule is COc1ccc(N2CCn3c(nc4cc([N+](=O)[O-])ccc43)C2)cc1. The molecule has 1 aromatic heterocycles. The van der Waals surface area contributed by atoms with Gasteiger partial charge in [0.05, 0.1) is 29.6 Å². The fourth-order valence-electron chi connectivity index (χ4n) is 3.14. The molecular weight excluding hydrogens is 308 g/mol. The number of ether oxygens (including phenoxy) is 1. The minimum absolute atomic E-state index is 0.0740. The lowest BCUT2D eigenvalue weighted by molar-refractivity contribution is -0.384. The standard InChI is InChI=1S/C17H16N4O3/c1-24-14-5-2-12(3-6-14)19-8-9-20-16-7-4-13(21(22)23)10-15(16)18-17(20)11-19/h2-7,10H,8-9,11H2,1H3. The highest BCUT2D eigenvalue weighted by Crippen LogP contribution is 2.27. The first-order valence-corrected chi connectivity index (χ1v) is 7.68. The summed E-state index contributed by atoms with van der Waals surface area (Å²) in [6, 6.07) is 12.8. The molecule has 0 aliphatic carbocycles. The van der Waals surface area contributed by atoms with E-state index in [1.165, 1.54) is 6.07 Å². The number of hydrogen-bond donors (Lipinski definition) is 0. The monoisotopic (exact) mass is 324 g/mol. The highest BCUT2D eigenvalue weighted by atomic mass is 16.6. The summed E-state index contributed by atoms with van der Waals surface area (Å²) < 4.78 is 7.33. The summed E-state index contributed by atoms with van der Waals surface area (Å²) in [6.07, 6.45) is 0. The van der Waals surface area contributed by atoms with Gasteiger partial charge in [0.15, 0.2) is 0 Å². The first-order valence-electron chi connectivity index (χ1n) is 7.68. The Bertz CT molecular complexity index is 917. The quantitative estimate of drug-likeness (QED) is 0.547. The van der Waals surface area contributed by atoms with E-state index in [1.807, 2.05) is 24.3 Å². The van der Waals surface area contributed by atoms with Crippen LogP contribution >= 0.6 is 0 Å². The molecule has 24 heavy (non-hydrogen) atoms. The smallest absolute Gasteiger partial charge is 0.271 e. The number of anilines is 1. The number of non-ortho nitro benzene ring substituents is 1. The van der Waals surface area contributed by atoms with Crippen LogP contribution in [0.5, 0.6) is 5.75 Å². The number of benzene rings is 2. The Balaban J connectivity index is 1.66. The predicted molar refractivity (Wildman–Crippen MR) is 90.4 cm³/mol. The molecule has 1 aliphatic rings. The van der Waals surface area contributed by atoms with Gasteiger partial charge in [-0.2, -0.15) is 0 Å². The van der Waals surface area contributed by atoms with Crippen LogP contribution in [0, 0.1) is 10.1 Å². The van der Waals surface area contributed by atoms with E-state index in [-0.39, 0.29) is 10.6 Å². The number of nitro benzene ring substituents is 1. The fourth-order valence-corrected chi connectivity index (χ4v) is 3.14. The summed E-state index contributed by atoms with van der Waals surface area (Å²) in [6.45, 7) is 2.34. The van der Waals surface area contributed by atoms with Crippen molar-refractivity contribution in [3.63, 3.8) is 0 Å². The lowest BCUT2D eigenvalue weighted by Crippen LogP contribution is -2.33. The largest absolute Gasteiger partial charge is 0.497 e. The van der Waals surface area contributed by atoms with Gasteiger partial charge in [-0.25, -0.2) is 4.98 Å². The van der Waals surface area contributed by atoms with Crippen molar-refractivity contribution in [2.24, 2.45) is 0 Å². The molecule has 0 amide bonds. The van der Waals surface area contributed by atoms with Crippen LogP contribution in [0.4, 0.5) is 11.4 Å². The first-order chi connectivity index (χ1) is 11.7. The lowest BCUT2D eigenvalue weighted by Gasteiger charge is -2.29. The predicted octanol–water partition coefficient (Wildman–Crippen LogP) is 2.97. The zero-order valence-electron chi connectivity index (χ0n) is 13.2. The second kappa shape index (κ2) is 5.52. The lowest BCUT2D eigenvalue weighted by atomic mass is 10.2. The maximum Gasteiger partial charge on any atom is 0.271 e. The average molecular weight is 324 g/mol. The van der Waals surface area contributed by atoms with Crippen molar-refractivity contribution in [2.75, 3.05) is 18.6 Å². The Hall–Kier alpha value is -3.09. The van der Waals surface area contributed by atoms with Crippen molar-refractivity contribution in [1.82, 2.24) is 9.55 Å². The topological polar surface area (TPSA) is 73.4 Å². The molecule has 3 aromatic rings. The minimum Gasteiger partial charge on any atom is -0.497 e. The fraction of sp³-hybridized carbons (Fsp3) is 0.235. The molecule has 0 spiro atoms. The van der Waals surface area contributed by atoms with E-state index in [4.69, 9.17) is 4.74 Å². The number of methoxy groups -OCH3 is 1. The third kappa shape index (κ3) is 2.34. The Morgan fingerprint density at radius 3 is 2.67 bits per heavy atom. The Labute approximate surface area is 138 Å². The molecule has 0 saturated carbocycles. The third-order valence-electron chi connectivity index (χ3n) is 4.39. The third-order valence-corrected chi connectivity index (χ3v) is 4.39. The maximum absolute atomic E-state index is 10.9. The Morgan fingerprint density at radius 2 is 1.96 bits per heavy atom. The molecular formula is C17H16N4O3. The van der Waals surface area contributed by atoms with E-state index in [2.05, 4.69) is 14.5 Å². The molecule has 0 saturated heterocycles. The summed E-state index contributed by atoms with van der Waals surface area (Å²) in [4.78, 5) is 17.4. The summed E-state index contributed by atoms with van der Waals surface area (Å²) in [5, 5.41) is 10.9. The van der Waals surface area contributed by atoms with Crippen molar-refractivity contribution in [3.05, 3.63) is 58.4 Å². The van der Waals surface area contributed by atoms with Gasteiger partial charge in [0, 0.05) is 30.9 Å². The zero-order valence-corrected chi connectivity index (χ0v) is 13.2. The van der Waals surface area contributed by atoms with Crippen LogP contribution in [-0.4, -0.2) is 28.1 Å². The van der Waals surface area contributed by atoms with E-state index in [9.17, 15) is 10.1 Å². The molecule has 0 N–H and O–H groups in total. The number of nitro groups is 1. The molecule has 0 atom stereocenters. The molecule has 2 aromatic carbocycles. The molecule has 122 valence electrons. The molecule has 7 heteroatoms. The van der Waals surface area contributed by atoms with E-state index in [0.717, 1.165) is 35.9 Å². The van der Waals surface area contributed by atoms with Crippen molar-refractivity contribution in [2.45, 2.75) is 13.1 Å². The number of imidazole rings is 1. The molecule has 2 heterocycles. The van der Waals surface area contributed by atoms with Crippen LogP contribution < -0.4 is 9.64 Å². The van der Waals surface area contributed by atoms with Gasteiger partial charge in [0.1, 0.15) is 11.6 Å². The van der Waals surface area contributed by atoms with Gasteiger partial charge in [-0.3, -0.25) is 10.1 Å². The van der Waals surface area contributed by atoms with Gasteiger partial charge in [-0.05, 0) is 30.3 Å². The Morgan fingerprint density at radius 1 is 1.17 bits per heavy atom. The summed E-state index contributed by atoms with van der Waals surface area (Å²) >= 11 is 0. The molecule has 0 bridgehead atoms. The summed E-state index contributed by atoms with van der Waals surface area (Å²) in [5.41, 5.74) is 2.81. The van der Waals surface area contributed by atoms with Crippen molar-refractivity contribution < 1.29 is 9.66 Å². The first kappa shape index (κ1) is 14.5. The van der Waals surface area contributed by atoms with Gasteiger partial charge >= 0.3 is 0 Å². The zero-order chi connectivity index (χ0) is 16.7. The number of fused-ring (bicyclic) bond motifs is 3. The molecule has 0 unspecified atom stereocenters. The van der Waals surface area contributed by atoms with Crippen molar-refractivity contribution in [1.29, 1.82) is 0 Å². The van der Waals surface area contributed by atoms with Crippen LogP contribution in [0.3, 0.4) is 0 Å². The van der Waals surface area contributed by atoms with E-state index < -0.39 is 0 Å². The molecule has 4 rings (SSSR count). The minimum atomic E-state index is -0.387. The number of rotatable bonds is 3. The molecule has 1 aliphatic heterocycles. The highest BCUT2D eigenvalue weighted by Gasteiger charge is 2.21. The second-order valence-corrected chi connectivity index (χ2v) is 5.73. The Kier molecular flexibility index (Phi) is 3.34. The normalized spacial score (nSPS) is 13.8. The van der Waals surface area contributed by atoms with Gasteiger partial charge in [0.25, 0.3) is 5.69 Å². The van der Waals surface area contributed by atoms with E-state index in [0.29, 0.717) is 12.1 Å². The number of aromatic nitrogens is 2. The van der Waals surface area contributed by atoms with E-state index in [1.54, 1.807) is 19.2 Å². The van der Waals surface area contributed by atoms with Crippen molar-refractivity contribution >= 4 is 22.4 Å². The van der Waals surface area contributed by atoms with Gasteiger partial charge in [-0.1, -0.05) is 0 Å². The van der Waals surface area contributed by atoms with Crippen LogP contribution in [0.15, 0.2) is 42.5 Å². The number of hydrogen-bond acceptors (Lipinski definition) is 5. The van der Waals surface area contributed by atoms with Gasteiger partial charge < -0.3 is 14.2 Å². The van der Waals surface area contributed by atoms with Gasteiger partial charge in [-0.15, -0.1) is 0 Å². The molecule has 7 nitrogen and oxygen atoms in total. The highest BCUT2D eigenvalue weighted by molar-refractivity contribution is 5.79. The average Bonchev–Trinajstić information content (AvgIpc) is 2.98. The number of nitrogens with zero attached hydrogens (tertiary/aromatic N) is 4.